The van der Waals surface area contributed by atoms with Crippen LogP contribution in [0.5, 0.6) is 5.75 Å². The number of hydrogen-bond acceptors (Lipinski definition) is 2. The molecule has 0 bridgehead atoms. The van der Waals surface area contributed by atoms with Crippen LogP contribution in [0.1, 0.15) is 40.8 Å². The van der Waals surface area contributed by atoms with Gasteiger partial charge in [0.25, 0.3) is 0 Å². The first-order valence-electron chi connectivity index (χ1n) is 7.17. The summed E-state index contributed by atoms with van der Waals surface area (Å²) in [5, 5.41) is 13.4. The molecule has 2 aromatic rings. The highest BCUT2D eigenvalue weighted by Crippen LogP contribution is 2.25. The Labute approximate surface area is 125 Å². The third-order valence-corrected chi connectivity index (χ3v) is 3.76. The topological polar surface area (TPSA) is 32.3 Å². The van der Waals surface area contributed by atoms with Gasteiger partial charge in [-0.15, -0.1) is 0 Å². The quantitative estimate of drug-likeness (QED) is 0.878. The van der Waals surface area contributed by atoms with Crippen molar-refractivity contribution in [1.82, 2.24) is 5.32 Å². The molecule has 0 heterocycles. The molecule has 0 saturated carbocycles. The Balaban J connectivity index is 2.09. The predicted octanol–water partition coefficient (Wildman–Crippen LogP) is 4.31. The molecule has 21 heavy (non-hydrogen) atoms. The second-order valence-electron chi connectivity index (χ2n) is 5.71. The predicted molar refractivity (Wildman–Crippen MR) is 84.0 cm³/mol. The van der Waals surface area contributed by atoms with Crippen molar-refractivity contribution in [2.75, 3.05) is 0 Å². The lowest BCUT2D eigenvalue weighted by atomic mass is 10.0. The van der Waals surface area contributed by atoms with Crippen LogP contribution < -0.4 is 5.32 Å². The van der Waals surface area contributed by atoms with Crippen LogP contribution in [0.15, 0.2) is 30.3 Å². The van der Waals surface area contributed by atoms with Crippen LogP contribution >= 0.6 is 0 Å². The molecule has 0 amide bonds. The van der Waals surface area contributed by atoms with E-state index in [2.05, 4.69) is 5.32 Å². The Morgan fingerprint density at radius 1 is 1.10 bits per heavy atom. The molecular formula is C18H22FNO. The summed E-state index contributed by atoms with van der Waals surface area (Å²) in [6, 6.07) is 9.42. The summed E-state index contributed by atoms with van der Waals surface area (Å²) in [5.74, 6) is 0.171. The van der Waals surface area contributed by atoms with Crippen molar-refractivity contribution >= 4 is 0 Å². The number of nitrogens with one attached hydrogen (secondary N) is 1. The fourth-order valence-corrected chi connectivity index (χ4v) is 2.54. The van der Waals surface area contributed by atoms with Gasteiger partial charge in [0.05, 0.1) is 0 Å². The summed E-state index contributed by atoms with van der Waals surface area (Å²) < 4.78 is 13.6. The molecule has 0 fully saturated rings. The number of phenolic OH excluding ortho intramolecular Hbond substituents is 1. The number of aryl methyl sites for hydroxylation is 3. The van der Waals surface area contributed by atoms with Crippen LogP contribution in [0, 0.1) is 26.6 Å². The zero-order chi connectivity index (χ0) is 15.6. The van der Waals surface area contributed by atoms with Crippen LogP contribution in [0.2, 0.25) is 0 Å². The maximum atomic E-state index is 13.6. The van der Waals surface area contributed by atoms with E-state index in [-0.39, 0.29) is 11.9 Å². The Morgan fingerprint density at radius 2 is 1.71 bits per heavy atom. The molecule has 0 aliphatic carbocycles. The summed E-state index contributed by atoms with van der Waals surface area (Å²) >= 11 is 0. The third-order valence-electron chi connectivity index (χ3n) is 3.76. The Bertz CT molecular complexity index is 629. The fraction of sp³-hybridized carbons (Fsp3) is 0.333. The van der Waals surface area contributed by atoms with Crippen LogP contribution in [-0.2, 0) is 6.54 Å². The van der Waals surface area contributed by atoms with Crippen molar-refractivity contribution in [1.29, 1.82) is 0 Å². The molecule has 1 unspecified atom stereocenters. The van der Waals surface area contributed by atoms with E-state index >= 15 is 0 Å². The lowest BCUT2D eigenvalue weighted by molar-refractivity contribution is 0.452. The van der Waals surface area contributed by atoms with Crippen LogP contribution in [-0.4, -0.2) is 5.11 Å². The third kappa shape index (κ3) is 3.61. The molecule has 2 aromatic carbocycles. The molecule has 0 aliphatic rings. The Morgan fingerprint density at radius 3 is 2.29 bits per heavy atom. The van der Waals surface area contributed by atoms with E-state index in [1.54, 1.807) is 19.9 Å². The highest BCUT2D eigenvalue weighted by Gasteiger charge is 2.11. The zero-order valence-corrected chi connectivity index (χ0v) is 13.0. The number of benzene rings is 2. The van der Waals surface area contributed by atoms with Gasteiger partial charge in [-0.25, -0.2) is 4.39 Å². The van der Waals surface area contributed by atoms with Gasteiger partial charge in [-0.1, -0.05) is 24.3 Å². The lowest BCUT2D eigenvalue weighted by Gasteiger charge is -2.17. The molecule has 3 heteroatoms. The lowest BCUT2D eigenvalue weighted by Crippen LogP contribution is -2.18. The molecule has 0 saturated heterocycles. The average molecular weight is 287 g/mol. The maximum Gasteiger partial charge on any atom is 0.129 e. The van der Waals surface area contributed by atoms with Crippen molar-refractivity contribution < 1.29 is 9.50 Å². The summed E-state index contributed by atoms with van der Waals surface area (Å²) in [5.41, 5.74) is 4.28. The minimum Gasteiger partial charge on any atom is -0.508 e. The molecule has 0 radical (unpaired) electrons. The molecular weight excluding hydrogens is 265 g/mol. The second kappa shape index (κ2) is 6.27. The largest absolute Gasteiger partial charge is 0.508 e. The number of aromatic hydroxyl groups is 1. The minimum atomic E-state index is -0.136. The van der Waals surface area contributed by atoms with Crippen molar-refractivity contribution in [3.63, 3.8) is 0 Å². The summed E-state index contributed by atoms with van der Waals surface area (Å²) in [4.78, 5) is 0. The molecule has 112 valence electrons. The van der Waals surface area contributed by atoms with E-state index in [1.807, 2.05) is 38.1 Å². The van der Waals surface area contributed by atoms with Crippen molar-refractivity contribution in [3.05, 3.63) is 64.0 Å². The number of phenols is 1. The number of rotatable bonds is 4. The van der Waals surface area contributed by atoms with Crippen molar-refractivity contribution in [2.24, 2.45) is 0 Å². The first kappa shape index (κ1) is 15.5. The SMILES string of the molecule is Cc1ccc(C(C)NCc2cc(C)c(F)c(C)c2)c(O)c1. The monoisotopic (exact) mass is 287 g/mol. The van der Waals surface area contributed by atoms with Gasteiger partial charge in [0.15, 0.2) is 0 Å². The van der Waals surface area contributed by atoms with E-state index in [9.17, 15) is 9.50 Å². The normalized spacial score (nSPS) is 12.4. The van der Waals surface area contributed by atoms with E-state index in [1.165, 1.54) is 0 Å². The first-order valence-corrected chi connectivity index (χ1v) is 7.17. The summed E-state index contributed by atoms with van der Waals surface area (Å²) in [6.45, 7) is 8.15. The molecule has 0 spiro atoms. The van der Waals surface area contributed by atoms with Gasteiger partial charge in [-0.2, -0.15) is 0 Å². The molecule has 2 N–H and O–H groups in total. The summed E-state index contributed by atoms with van der Waals surface area (Å²) in [6.07, 6.45) is 0. The van der Waals surface area contributed by atoms with Gasteiger partial charge in [-0.3, -0.25) is 0 Å². The molecule has 1 atom stereocenters. The Hall–Kier alpha value is -1.87. The summed E-state index contributed by atoms with van der Waals surface area (Å²) in [7, 11) is 0. The highest BCUT2D eigenvalue weighted by molar-refractivity contribution is 5.38. The molecule has 0 aliphatic heterocycles. The second-order valence-corrected chi connectivity index (χ2v) is 5.71. The van der Waals surface area contributed by atoms with Gasteiger partial charge in [-0.05, 0) is 56.0 Å². The minimum absolute atomic E-state index is 0.0243. The van der Waals surface area contributed by atoms with Crippen LogP contribution in [0.3, 0.4) is 0 Å². The van der Waals surface area contributed by atoms with E-state index < -0.39 is 0 Å². The van der Waals surface area contributed by atoms with Crippen LogP contribution in [0.4, 0.5) is 4.39 Å². The van der Waals surface area contributed by atoms with E-state index in [0.29, 0.717) is 23.4 Å². The standard InChI is InChI=1S/C18H22FNO/c1-11-5-6-16(17(21)7-11)14(4)20-10-15-8-12(2)18(19)13(3)9-15/h5-9,14,20-21H,10H2,1-4H3. The van der Waals surface area contributed by atoms with Crippen molar-refractivity contribution in [2.45, 2.75) is 40.3 Å². The molecule has 2 rings (SSSR count). The van der Waals surface area contributed by atoms with Gasteiger partial charge in [0.1, 0.15) is 11.6 Å². The number of halogens is 1. The fourth-order valence-electron chi connectivity index (χ4n) is 2.54. The zero-order valence-electron chi connectivity index (χ0n) is 13.0. The van der Waals surface area contributed by atoms with Gasteiger partial charge < -0.3 is 10.4 Å². The van der Waals surface area contributed by atoms with Gasteiger partial charge in [0.2, 0.25) is 0 Å². The molecule has 2 nitrogen and oxygen atoms in total. The van der Waals surface area contributed by atoms with E-state index in [0.717, 1.165) is 16.7 Å². The first-order chi connectivity index (χ1) is 9.88. The molecule has 0 aromatic heterocycles. The maximum absolute atomic E-state index is 13.6. The van der Waals surface area contributed by atoms with E-state index in [4.69, 9.17) is 0 Å². The van der Waals surface area contributed by atoms with Gasteiger partial charge in [0, 0.05) is 18.2 Å². The highest BCUT2D eigenvalue weighted by atomic mass is 19.1. The smallest absolute Gasteiger partial charge is 0.129 e. The average Bonchev–Trinajstić information content (AvgIpc) is 2.42. The number of hydrogen-bond donors (Lipinski definition) is 2. The van der Waals surface area contributed by atoms with Crippen molar-refractivity contribution in [3.8, 4) is 5.75 Å². The Kier molecular flexibility index (Phi) is 4.63. The van der Waals surface area contributed by atoms with Gasteiger partial charge >= 0.3 is 0 Å². The van der Waals surface area contributed by atoms with Crippen LogP contribution in [0.25, 0.3) is 0 Å².